The molecule has 0 saturated carbocycles. The van der Waals surface area contributed by atoms with Gasteiger partial charge in [0.15, 0.2) is 0 Å². The minimum atomic E-state index is 0.451. The fourth-order valence-corrected chi connectivity index (χ4v) is 2.12. The highest BCUT2D eigenvalue weighted by Crippen LogP contribution is 2.28. The van der Waals surface area contributed by atoms with Crippen LogP contribution >= 0.6 is 11.6 Å². The summed E-state index contributed by atoms with van der Waals surface area (Å²) in [5, 5.41) is 1.59. The number of ether oxygens (including phenoxy) is 1. The molecule has 0 aliphatic heterocycles. The van der Waals surface area contributed by atoms with E-state index in [1.807, 2.05) is 25.1 Å². The Bertz CT molecular complexity index is 557. The number of benzene rings is 1. The van der Waals surface area contributed by atoms with E-state index in [0.29, 0.717) is 11.6 Å². The van der Waals surface area contributed by atoms with Crippen molar-refractivity contribution in [1.29, 1.82) is 0 Å². The molecule has 1 heterocycles. The zero-order valence-electron chi connectivity index (χ0n) is 9.75. The third-order valence-electron chi connectivity index (χ3n) is 2.57. The molecule has 0 amide bonds. The van der Waals surface area contributed by atoms with Crippen molar-refractivity contribution in [1.82, 2.24) is 4.98 Å². The highest BCUT2D eigenvalue weighted by atomic mass is 35.5. The van der Waals surface area contributed by atoms with Gasteiger partial charge in [-0.1, -0.05) is 11.6 Å². The van der Waals surface area contributed by atoms with Crippen LogP contribution in [-0.4, -0.2) is 12.1 Å². The van der Waals surface area contributed by atoms with Gasteiger partial charge in [-0.15, -0.1) is 0 Å². The van der Waals surface area contributed by atoms with Crippen LogP contribution in [0, 0.1) is 6.92 Å². The Morgan fingerprint density at radius 1 is 1.41 bits per heavy atom. The van der Waals surface area contributed by atoms with Gasteiger partial charge in [-0.25, -0.2) is 4.98 Å². The van der Waals surface area contributed by atoms with E-state index in [2.05, 4.69) is 10.4 Å². The van der Waals surface area contributed by atoms with E-state index >= 15 is 0 Å². The van der Waals surface area contributed by atoms with Crippen molar-refractivity contribution in [3.8, 4) is 0 Å². The lowest BCUT2D eigenvalue weighted by Crippen LogP contribution is -2.09. The summed E-state index contributed by atoms with van der Waals surface area (Å²) in [6.07, 6.45) is 0. The van der Waals surface area contributed by atoms with Gasteiger partial charge in [0.2, 0.25) is 0 Å². The van der Waals surface area contributed by atoms with Crippen molar-refractivity contribution < 1.29 is 4.74 Å². The molecule has 2 rings (SSSR count). The number of aromatic nitrogens is 1. The highest BCUT2D eigenvalue weighted by Gasteiger charge is 2.08. The first-order valence-electron chi connectivity index (χ1n) is 5.21. The molecule has 0 aliphatic carbocycles. The first kappa shape index (κ1) is 12.1. The largest absolute Gasteiger partial charge is 0.378 e. The number of methoxy groups -OCH3 is 1. The maximum Gasteiger partial charge on any atom is 0.0885 e. The van der Waals surface area contributed by atoms with Crippen molar-refractivity contribution in [2.45, 2.75) is 13.5 Å². The number of hydrogen-bond acceptors (Lipinski definition) is 4. The summed E-state index contributed by atoms with van der Waals surface area (Å²) in [7, 11) is 1.64. The van der Waals surface area contributed by atoms with E-state index in [-0.39, 0.29) is 0 Å². The highest BCUT2D eigenvalue weighted by molar-refractivity contribution is 6.31. The van der Waals surface area contributed by atoms with E-state index in [0.717, 1.165) is 27.8 Å². The summed E-state index contributed by atoms with van der Waals surface area (Å²) in [5.74, 6) is 5.52. The average Bonchev–Trinajstić information content (AvgIpc) is 2.29. The quantitative estimate of drug-likeness (QED) is 0.650. The van der Waals surface area contributed by atoms with Crippen molar-refractivity contribution >= 4 is 28.2 Å². The van der Waals surface area contributed by atoms with Crippen molar-refractivity contribution in [3.63, 3.8) is 0 Å². The van der Waals surface area contributed by atoms with Crippen molar-refractivity contribution in [2.75, 3.05) is 12.5 Å². The third kappa shape index (κ3) is 2.34. The van der Waals surface area contributed by atoms with E-state index in [1.54, 1.807) is 7.11 Å². The molecule has 0 aliphatic rings. The Hall–Kier alpha value is -1.36. The molecule has 0 unspecified atom stereocenters. The maximum atomic E-state index is 6.03. The Morgan fingerprint density at radius 3 is 2.82 bits per heavy atom. The van der Waals surface area contributed by atoms with Gasteiger partial charge in [0, 0.05) is 17.5 Å². The average molecular weight is 252 g/mol. The number of nitrogen functional groups attached to an aromatic ring is 1. The van der Waals surface area contributed by atoms with Crippen LogP contribution in [0.25, 0.3) is 10.9 Å². The molecule has 1 aromatic carbocycles. The summed E-state index contributed by atoms with van der Waals surface area (Å²) >= 11 is 6.03. The zero-order valence-corrected chi connectivity index (χ0v) is 10.5. The second kappa shape index (κ2) is 4.87. The second-order valence-electron chi connectivity index (χ2n) is 3.86. The van der Waals surface area contributed by atoms with Crippen LogP contribution in [0.3, 0.4) is 0 Å². The molecule has 0 fully saturated rings. The molecule has 5 heteroatoms. The van der Waals surface area contributed by atoms with Crippen molar-refractivity contribution in [2.24, 2.45) is 5.84 Å². The van der Waals surface area contributed by atoms with Crippen LogP contribution < -0.4 is 11.3 Å². The smallest absolute Gasteiger partial charge is 0.0885 e. The lowest BCUT2D eigenvalue weighted by molar-refractivity contribution is 0.182. The van der Waals surface area contributed by atoms with Crippen LogP contribution in [0.15, 0.2) is 18.2 Å². The summed E-state index contributed by atoms with van der Waals surface area (Å²) in [6.45, 7) is 2.42. The van der Waals surface area contributed by atoms with Gasteiger partial charge in [-0.05, 0) is 30.7 Å². The van der Waals surface area contributed by atoms with E-state index in [9.17, 15) is 0 Å². The molecule has 0 spiro atoms. The number of nitrogens with one attached hydrogen (secondary N) is 1. The fraction of sp³-hybridized carbons (Fsp3) is 0.250. The minimum absolute atomic E-state index is 0.451. The molecule has 0 radical (unpaired) electrons. The Kier molecular flexibility index (Phi) is 3.47. The van der Waals surface area contributed by atoms with Gasteiger partial charge in [-0.2, -0.15) is 0 Å². The molecule has 1 aromatic heterocycles. The van der Waals surface area contributed by atoms with Crippen LogP contribution in [0.4, 0.5) is 5.69 Å². The lowest BCUT2D eigenvalue weighted by Gasteiger charge is -2.10. The van der Waals surface area contributed by atoms with Crippen molar-refractivity contribution in [3.05, 3.63) is 34.5 Å². The minimum Gasteiger partial charge on any atom is -0.378 e. The molecule has 4 nitrogen and oxygen atoms in total. The van der Waals surface area contributed by atoms with Gasteiger partial charge in [0.05, 0.1) is 23.5 Å². The first-order valence-corrected chi connectivity index (χ1v) is 5.59. The first-order chi connectivity index (χ1) is 8.15. The van der Waals surface area contributed by atoms with Gasteiger partial charge in [0.1, 0.15) is 0 Å². The molecular formula is C12H14ClN3O. The third-order valence-corrected chi connectivity index (χ3v) is 2.79. The van der Waals surface area contributed by atoms with E-state index in [4.69, 9.17) is 22.2 Å². The Morgan fingerprint density at radius 2 is 2.18 bits per heavy atom. The van der Waals surface area contributed by atoms with Gasteiger partial charge >= 0.3 is 0 Å². The summed E-state index contributed by atoms with van der Waals surface area (Å²) in [6, 6.07) is 5.60. The van der Waals surface area contributed by atoms with Gasteiger partial charge < -0.3 is 10.2 Å². The Labute approximate surface area is 105 Å². The fourth-order valence-electron chi connectivity index (χ4n) is 1.85. The normalized spacial score (nSPS) is 10.8. The topological polar surface area (TPSA) is 60.2 Å². The van der Waals surface area contributed by atoms with Gasteiger partial charge in [0.25, 0.3) is 0 Å². The molecule has 0 saturated heterocycles. The predicted octanol–water partition coefficient (Wildman–Crippen LogP) is 2.63. The number of anilines is 1. The molecule has 0 atom stereocenters. The molecule has 3 N–H and O–H groups in total. The zero-order chi connectivity index (χ0) is 12.4. The van der Waals surface area contributed by atoms with E-state index in [1.165, 1.54) is 0 Å². The molecular weight excluding hydrogens is 238 g/mol. The number of fused-ring (bicyclic) bond motifs is 1. The number of nitrogens with zero attached hydrogens (tertiary/aromatic N) is 1. The number of halogens is 1. The van der Waals surface area contributed by atoms with Crippen LogP contribution in [-0.2, 0) is 11.3 Å². The SMILES string of the molecule is COCc1cc(NN)c2cc(Cl)cc(C)c2n1. The molecule has 90 valence electrons. The maximum absolute atomic E-state index is 6.03. The second-order valence-corrected chi connectivity index (χ2v) is 4.29. The van der Waals surface area contributed by atoms with Crippen LogP contribution in [0.2, 0.25) is 5.02 Å². The van der Waals surface area contributed by atoms with Crippen LogP contribution in [0.1, 0.15) is 11.3 Å². The lowest BCUT2D eigenvalue weighted by atomic mass is 10.1. The van der Waals surface area contributed by atoms with E-state index < -0.39 is 0 Å². The standard InChI is InChI=1S/C12H14ClN3O/c1-7-3-8(13)4-10-11(16-14)5-9(6-17-2)15-12(7)10/h3-5H,6,14H2,1-2H3,(H,15,16). The monoisotopic (exact) mass is 251 g/mol. The number of aryl methyl sites for hydroxylation is 1. The van der Waals surface area contributed by atoms with Crippen LogP contribution in [0.5, 0.6) is 0 Å². The number of hydrazine groups is 1. The molecule has 2 aromatic rings. The predicted molar refractivity (Wildman–Crippen MR) is 70.0 cm³/mol. The Balaban J connectivity index is 2.73. The molecule has 17 heavy (non-hydrogen) atoms. The number of hydrogen-bond donors (Lipinski definition) is 2. The summed E-state index contributed by atoms with van der Waals surface area (Å²) in [5.41, 5.74) is 6.20. The summed E-state index contributed by atoms with van der Waals surface area (Å²) < 4.78 is 5.08. The number of rotatable bonds is 3. The number of nitrogens with two attached hydrogens (primary N) is 1. The summed E-state index contributed by atoms with van der Waals surface area (Å²) in [4.78, 5) is 4.54. The number of pyridine rings is 1. The van der Waals surface area contributed by atoms with Gasteiger partial charge in [-0.3, -0.25) is 5.84 Å². The molecule has 0 bridgehead atoms.